The lowest BCUT2D eigenvalue weighted by atomic mass is 10.1. The van der Waals surface area contributed by atoms with Gasteiger partial charge in [0, 0.05) is 57.2 Å². The molecule has 2 amide bonds. The number of esters is 1. The molecular formula is C29H33N5O7. The molecule has 12 heteroatoms. The lowest BCUT2D eigenvalue weighted by molar-refractivity contribution is 0.0599. The Balaban J connectivity index is 1.51. The summed E-state index contributed by atoms with van der Waals surface area (Å²) in [4.78, 5) is 50.1. The summed E-state index contributed by atoms with van der Waals surface area (Å²) in [6, 6.07) is 12.7. The number of benzene rings is 1. The number of ether oxygens (including phenoxy) is 4. The van der Waals surface area contributed by atoms with Crippen LogP contribution in [0, 0.1) is 0 Å². The first-order valence-corrected chi connectivity index (χ1v) is 13.0. The summed E-state index contributed by atoms with van der Waals surface area (Å²) in [5.41, 5.74) is 1.02. The van der Waals surface area contributed by atoms with Crippen LogP contribution in [0.4, 0.5) is 5.82 Å². The van der Waals surface area contributed by atoms with Crippen LogP contribution in [0.25, 0.3) is 0 Å². The Morgan fingerprint density at radius 3 is 2.24 bits per heavy atom. The van der Waals surface area contributed by atoms with Crippen molar-refractivity contribution in [2.24, 2.45) is 0 Å². The molecule has 216 valence electrons. The van der Waals surface area contributed by atoms with Crippen molar-refractivity contribution in [2.75, 3.05) is 59.4 Å². The smallest absolute Gasteiger partial charge is 0.339 e. The number of likely N-dealkylation sites (N-methyl/N-ethyl adjacent to an activating group) is 1. The summed E-state index contributed by atoms with van der Waals surface area (Å²) in [5, 5.41) is 2.68. The van der Waals surface area contributed by atoms with Gasteiger partial charge in [-0.05, 0) is 50.4 Å². The maximum atomic E-state index is 13.1. The van der Waals surface area contributed by atoms with Crippen molar-refractivity contribution in [2.45, 2.75) is 13.0 Å². The minimum atomic E-state index is -0.532. The first-order valence-electron chi connectivity index (χ1n) is 13.0. The molecule has 41 heavy (non-hydrogen) atoms. The highest BCUT2D eigenvalue weighted by atomic mass is 16.5. The number of carbonyl (C=O) groups is 3. The second-order valence-corrected chi connectivity index (χ2v) is 9.52. The lowest BCUT2D eigenvalue weighted by Gasteiger charge is -2.32. The molecule has 4 rings (SSSR count). The molecule has 1 aliphatic heterocycles. The molecule has 2 aromatic heterocycles. The van der Waals surface area contributed by atoms with Crippen LogP contribution in [0.2, 0.25) is 0 Å². The summed E-state index contributed by atoms with van der Waals surface area (Å²) in [6.45, 7) is 5.16. The Morgan fingerprint density at radius 2 is 1.61 bits per heavy atom. The number of methoxy groups -OCH3 is 2. The van der Waals surface area contributed by atoms with E-state index < -0.39 is 11.9 Å². The minimum Gasteiger partial charge on any atom is -0.472 e. The molecule has 1 fully saturated rings. The van der Waals surface area contributed by atoms with E-state index in [1.807, 2.05) is 11.9 Å². The molecule has 0 bridgehead atoms. The van der Waals surface area contributed by atoms with Crippen molar-refractivity contribution in [3.8, 4) is 17.5 Å². The van der Waals surface area contributed by atoms with E-state index in [9.17, 15) is 14.4 Å². The number of carbonyl (C=O) groups excluding carboxylic acids is 3. The number of nitrogens with one attached hydrogen (secondary N) is 1. The predicted octanol–water partition coefficient (Wildman–Crippen LogP) is 3.11. The van der Waals surface area contributed by atoms with E-state index in [1.165, 1.54) is 37.6 Å². The zero-order valence-corrected chi connectivity index (χ0v) is 23.5. The van der Waals surface area contributed by atoms with Crippen LogP contribution in [-0.4, -0.2) is 97.7 Å². The van der Waals surface area contributed by atoms with Gasteiger partial charge >= 0.3 is 5.97 Å². The molecule has 1 saturated heterocycles. The molecule has 12 nitrogen and oxygen atoms in total. The van der Waals surface area contributed by atoms with Crippen molar-refractivity contribution >= 4 is 23.6 Å². The fourth-order valence-electron chi connectivity index (χ4n) is 4.07. The Labute approximate surface area is 238 Å². The number of rotatable bonds is 10. The Bertz CT molecular complexity index is 1360. The summed E-state index contributed by atoms with van der Waals surface area (Å²) < 4.78 is 21.6. The van der Waals surface area contributed by atoms with Crippen LogP contribution >= 0.6 is 0 Å². The molecule has 1 aromatic carbocycles. The third-order valence-corrected chi connectivity index (χ3v) is 6.30. The summed E-state index contributed by atoms with van der Waals surface area (Å²) in [7, 11) is 4.87. The van der Waals surface area contributed by atoms with Crippen LogP contribution < -0.4 is 14.8 Å². The van der Waals surface area contributed by atoms with Crippen LogP contribution in [0.15, 0.2) is 54.7 Å². The van der Waals surface area contributed by atoms with Crippen LogP contribution in [0.3, 0.4) is 0 Å². The Morgan fingerprint density at radius 1 is 0.927 bits per heavy atom. The van der Waals surface area contributed by atoms with Crippen molar-refractivity contribution in [1.29, 1.82) is 0 Å². The SMILES string of the molecule is COC[C@@H](C)Oc1cc(C(=O)Nc2ccc(C(=O)OC)cn2)cc(Oc2ccc(C(=O)N3CCN(C)CC3)cc2)n1. The van der Waals surface area contributed by atoms with Crippen molar-refractivity contribution in [3.05, 3.63) is 71.4 Å². The van der Waals surface area contributed by atoms with E-state index in [4.69, 9.17) is 14.2 Å². The Kier molecular flexibility index (Phi) is 9.82. The van der Waals surface area contributed by atoms with Gasteiger partial charge in [0.05, 0.1) is 24.8 Å². The third kappa shape index (κ3) is 7.99. The predicted molar refractivity (Wildman–Crippen MR) is 150 cm³/mol. The van der Waals surface area contributed by atoms with Crippen molar-refractivity contribution < 1.29 is 33.3 Å². The lowest BCUT2D eigenvalue weighted by Crippen LogP contribution is -2.47. The van der Waals surface area contributed by atoms with Gasteiger partial charge in [-0.3, -0.25) is 9.59 Å². The van der Waals surface area contributed by atoms with Gasteiger partial charge in [0.1, 0.15) is 17.7 Å². The first-order chi connectivity index (χ1) is 19.7. The minimum absolute atomic E-state index is 0.0301. The number of amides is 2. The van der Waals surface area contributed by atoms with Crippen molar-refractivity contribution in [3.63, 3.8) is 0 Å². The van der Waals surface area contributed by atoms with Crippen LogP contribution in [0.1, 0.15) is 38.0 Å². The number of piperazine rings is 1. The highest BCUT2D eigenvalue weighted by Gasteiger charge is 2.21. The number of nitrogens with zero attached hydrogens (tertiary/aromatic N) is 4. The molecule has 1 aliphatic rings. The van der Waals surface area contributed by atoms with Crippen LogP contribution in [0.5, 0.6) is 17.5 Å². The molecule has 0 spiro atoms. The fraction of sp³-hybridized carbons (Fsp3) is 0.345. The fourth-order valence-corrected chi connectivity index (χ4v) is 4.07. The van der Waals surface area contributed by atoms with Gasteiger partial charge in [0.2, 0.25) is 11.8 Å². The number of hydrogen-bond acceptors (Lipinski definition) is 10. The van der Waals surface area contributed by atoms with E-state index in [0.717, 1.165) is 13.1 Å². The van der Waals surface area contributed by atoms with Gasteiger partial charge in [-0.1, -0.05) is 0 Å². The highest BCUT2D eigenvalue weighted by Crippen LogP contribution is 2.26. The van der Waals surface area contributed by atoms with Gasteiger partial charge in [-0.15, -0.1) is 0 Å². The quantitative estimate of drug-likeness (QED) is 0.367. The van der Waals surface area contributed by atoms with Gasteiger partial charge in [0.25, 0.3) is 11.8 Å². The number of anilines is 1. The summed E-state index contributed by atoms with van der Waals surface area (Å²) in [5.74, 6) is -0.114. The molecule has 0 aliphatic carbocycles. The number of pyridine rings is 2. The average molecular weight is 564 g/mol. The van der Waals surface area contributed by atoms with E-state index in [0.29, 0.717) is 31.0 Å². The van der Waals surface area contributed by atoms with E-state index in [1.54, 1.807) is 38.3 Å². The zero-order chi connectivity index (χ0) is 29.4. The third-order valence-electron chi connectivity index (χ3n) is 6.30. The number of hydrogen-bond donors (Lipinski definition) is 1. The largest absolute Gasteiger partial charge is 0.472 e. The summed E-state index contributed by atoms with van der Waals surface area (Å²) >= 11 is 0. The van der Waals surface area contributed by atoms with Crippen LogP contribution in [-0.2, 0) is 9.47 Å². The van der Waals surface area contributed by atoms with E-state index in [2.05, 4.69) is 24.9 Å². The van der Waals surface area contributed by atoms with Gasteiger partial charge < -0.3 is 34.1 Å². The van der Waals surface area contributed by atoms with E-state index in [-0.39, 0.29) is 40.7 Å². The summed E-state index contributed by atoms with van der Waals surface area (Å²) in [6.07, 6.45) is 0.966. The highest BCUT2D eigenvalue weighted by molar-refractivity contribution is 6.04. The Hall–Kier alpha value is -4.55. The second kappa shape index (κ2) is 13.7. The van der Waals surface area contributed by atoms with Gasteiger partial charge in [0.15, 0.2) is 0 Å². The zero-order valence-electron chi connectivity index (χ0n) is 23.5. The molecule has 0 unspecified atom stereocenters. The molecule has 1 N–H and O–H groups in total. The molecule has 0 radical (unpaired) electrons. The molecule has 0 saturated carbocycles. The first kappa shape index (κ1) is 29.4. The molecular weight excluding hydrogens is 530 g/mol. The second-order valence-electron chi connectivity index (χ2n) is 9.52. The van der Waals surface area contributed by atoms with Gasteiger partial charge in [-0.2, -0.15) is 4.98 Å². The monoisotopic (exact) mass is 563 g/mol. The molecule has 1 atom stereocenters. The topological polar surface area (TPSA) is 132 Å². The van der Waals surface area contributed by atoms with Gasteiger partial charge in [-0.25, -0.2) is 9.78 Å². The average Bonchev–Trinajstić information content (AvgIpc) is 2.97. The maximum absolute atomic E-state index is 13.1. The van der Waals surface area contributed by atoms with Crippen molar-refractivity contribution in [1.82, 2.24) is 19.8 Å². The molecule has 3 aromatic rings. The maximum Gasteiger partial charge on any atom is 0.339 e. The molecule has 3 heterocycles. The van der Waals surface area contributed by atoms with E-state index >= 15 is 0 Å². The normalized spacial score (nSPS) is 14.2. The number of aromatic nitrogens is 2. The standard InChI is InChI=1S/C29H33N5O7/c1-19(18-38-3)40-25-15-22(27(35)31-24-10-7-21(17-30-24)29(37)39-4)16-26(32-25)41-23-8-5-20(6-9-23)28(36)34-13-11-33(2)12-14-34/h5-10,15-17,19H,11-14,18H2,1-4H3,(H,30,31,35)/t19-/m1/s1.